The van der Waals surface area contributed by atoms with Crippen LogP contribution in [0, 0.1) is 5.82 Å². The topological polar surface area (TPSA) is 41.1 Å². The average molecular weight is 224 g/mol. The SMILES string of the molecule is CCCCNCC(=O)Nc1cccc(F)c1. The molecule has 0 radical (unpaired) electrons. The molecule has 4 heteroatoms. The Kier molecular flexibility index (Phi) is 5.50. The number of nitrogens with one attached hydrogen (secondary N) is 2. The van der Waals surface area contributed by atoms with Crippen molar-refractivity contribution in [2.24, 2.45) is 0 Å². The molecule has 0 bridgehead atoms. The van der Waals surface area contributed by atoms with Crippen molar-refractivity contribution in [3.05, 3.63) is 30.1 Å². The van der Waals surface area contributed by atoms with Crippen LogP contribution in [0.1, 0.15) is 19.8 Å². The van der Waals surface area contributed by atoms with Gasteiger partial charge in [-0.15, -0.1) is 0 Å². The van der Waals surface area contributed by atoms with E-state index in [4.69, 9.17) is 0 Å². The summed E-state index contributed by atoms with van der Waals surface area (Å²) in [6.45, 7) is 3.18. The largest absolute Gasteiger partial charge is 0.325 e. The van der Waals surface area contributed by atoms with Crippen LogP contribution in [0.3, 0.4) is 0 Å². The third kappa shape index (κ3) is 4.89. The van der Waals surface area contributed by atoms with Crippen molar-refractivity contribution in [2.45, 2.75) is 19.8 Å². The second-order valence-electron chi connectivity index (χ2n) is 3.59. The Balaban J connectivity index is 2.29. The molecule has 0 aliphatic carbocycles. The van der Waals surface area contributed by atoms with Gasteiger partial charge in [0.25, 0.3) is 0 Å². The molecule has 0 heterocycles. The number of amides is 1. The fourth-order valence-electron chi connectivity index (χ4n) is 1.28. The molecule has 1 aromatic carbocycles. The lowest BCUT2D eigenvalue weighted by atomic mass is 10.3. The molecule has 0 fully saturated rings. The minimum absolute atomic E-state index is 0.151. The lowest BCUT2D eigenvalue weighted by Gasteiger charge is -2.06. The van der Waals surface area contributed by atoms with Gasteiger partial charge in [-0.1, -0.05) is 19.4 Å². The van der Waals surface area contributed by atoms with E-state index in [1.807, 2.05) is 0 Å². The maximum absolute atomic E-state index is 12.8. The summed E-state index contributed by atoms with van der Waals surface area (Å²) < 4.78 is 12.8. The number of halogens is 1. The fourth-order valence-corrected chi connectivity index (χ4v) is 1.28. The van der Waals surface area contributed by atoms with Gasteiger partial charge in [-0.2, -0.15) is 0 Å². The molecule has 0 unspecified atom stereocenters. The first-order valence-corrected chi connectivity index (χ1v) is 5.48. The number of anilines is 1. The summed E-state index contributed by atoms with van der Waals surface area (Å²) in [4.78, 5) is 11.4. The lowest BCUT2D eigenvalue weighted by molar-refractivity contribution is -0.115. The molecular weight excluding hydrogens is 207 g/mol. The molecule has 88 valence electrons. The van der Waals surface area contributed by atoms with E-state index in [-0.39, 0.29) is 18.3 Å². The summed E-state index contributed by atoms with van der Waals surface area (Å²) in [6, 6.07) is 5.86. The highest BCUT2D eigenvalue weighted by molar-refractivity contribution is 5.92. The summed E-state index contributed by atoms with van der Waals surface area (Å²) in [7, 11) is 0. The van der Waals surface area contributed by atoms with Gasteiger partial charge < -0.3 is 10.6 Å². The zero-order chi connectivity index (χ0) is 11.8. The highest BCUT2D eigenvalue weighted by atomic mass is 19.1. The molecule has 3 nitrogen and oxygen atoms in total. The molecule has 0 spiro atoms. The second-order valence-corrected chi connectivity index (χ2v) is 3.59. The van der Waals surface area contributed by atoms with Gasteiger partial charge in [-0.25, -0.2) is 4.39 Å². The zero-order valence-corrected chi connectivity index (χ0v) is 9.42. The van der Waals surface area contributed by atoms with Crippen LogP contribution in [0.25, 0.3) is 0 Å². The van der Waals surface area contributed by atoms with Crippen molar-refractivity contribution >= 4 is 11.6 Å². The van der Waals surface area contributed by atoms with Gasteiger partial charge in [0.1, 0.15) is 5.82 Å². The standard InChI is InChI=1S/C12H17FN2O/c1-2-3-7-14-9-12(16)15-11-6-4-5-10(13)8-11/h4-6,8,14H,2-3,7,9H2,1H3,(H,15,16). The van der Waals surface area contributed by atoms with Crippen LogP contribution in [0.15, 0.2) is 24.3 Å². The van der Waals surface area contributed by atoms with Crippen molar-refractivity contribution in [3.63, 3.8) is 0 Å². The van der Waals surface area contributed by atoms with Crippen LogP contribution in [0.5, 0.6) is 0 Å². The quantitative estimate of drug-likeness (QED) is 0.727. The summed E-state index contributed by atoms with van der Waals surface area (Å²) >= 11 is 0. The van der Waals surface area contributed by atoms with E-state index in [0.29, 0.717) is 5.69 Å². The van der Waals surface area contributed by atoms with E-state index in [0.717, 1.165) is 19.4 Å². The van der Waals surface area contributed by atoms with Crippen molar-refractivity contribution in [1.29, 1.82) is 0 Å². The summed E-state index contributed by atoms with van der Waals surface area (Å²) in [6.07, 6.45) is 2.14. The van der Waals surface area contributed by atoms with Crippen molar-refractivity contribution in [3.8, 4) is 0 Å². The Morgan fingerprint density at radius 3 is 2.94 bits per heavy atom. The molecule has 2 N–H and O–H groups in total. The van der Waals surface area contributed by atoms with E-state index >= 15 is 0 Å². The van der Waals surface area contributed by atoms with E-state index < -0.39 is 0 Å². The molecule has 0 aliphatic heterocycles. The minimum Gasteiger partial charge on any atom is -0.325 e. The maximum atomic E-state index is 12.8. The molecule has 1 aromatic rings. The van der Waals surface area contributed by atoms with E-state index in [2.05, 4.69) is 17.6 Å². The highest BCUT2D eigenvalue weighted by Gasteiger charge is 2.01. The minimum atomic E-state index is -0.350. The van der Waals surface area contributed by atoms with Crippen LogP contribution in [0.2, 0.25) is 0 Å². The molecule has 0 aliphatic rings. The van der Waals surface area contributed by atoms with Gasteiger partial charge in [0.2, 0.25) is 5.91 Å². The van der Waals surface area contributed by atoms with Crippen LogP contribution < -0.4 is 10.6 Å². The van der Waals surface area contributed by atoms with Gasteiger partial charge in [0.05, 0.1) is 6.54 Å². The smallest absolute Gasteiger partial charge is 0.238 e. The van der Waals surface area contributed by atoms with Crippen LogP contribution >= 0.6 is 0 Å². The molecular formula is C12H17FN2O. The predicted molar refractivity (Wildman–Crippen MR) is 62.8 cm³/mol. The summed E-state index contributed by atoms with van der Waals surface area (Å²) in [5.74, 6) is -0.501. The molecule has 1 amide bonds. The van der Waals surface area contributed by atoms with Gasteiger partial charge in [0, 0.05) is 5.69 Å². The Labute approximate surface area is 95.0 Å². The maximum Gasteiger partial charge on any atom is 0.238 e. The normalized spacial score (nSPS) is 10.1. The van der Waals surface area contributed by atoms with Gasteiger partial charge in [-0.3, -0.25) is 4.79 Å². The number of carbonyl (C=O) groups is 1. The third-order valence-electron chi connectivity index (χ3n) is 2.10. The highest BCUT2D eigenvalue weighted by Crippen LogP contribution is 2.08. The predicted octanol–water partition coefficient (Wildman–Crippen LogP) is 2.15. The van der Waals surface area contributed by atoms with Gasteiger partial charge >= 0.3 is 0 Å². The lowest BCUT2D eigenvalue weighted by Crippen LogP contribution is -2.28. The molecule has 1 rings (SSSR count). The van der Waals surface area contributed by atoms with Crippen LogP contribution in [-0.2, 0) is 4.79 Å². The number of unbranched alkanes of at least 4 members (excludes halogenated alkanes) is 1. The fraction of sp³-hybridized carbons (Fsp3) is 0.417. The third-order valence-corrected chi connectivity index (χ3v) is 2.10. The zero-order valence-electron chi connectivity index (χ0n) is 9.42. The Morgan fingerprint density at radius 1 is 1.44 bits per heavy atom. The first kappa shape index (κ1) is 12.6. The molecule has 0 saturated carbocycles. The van der Waals surface area contributed by atoms with E-state index in [9.17, 15) is 9.18 Å². The number of rotatable bonds is 6. The molecule has 16 heavy (non-hydrogen) atoms. The number of hydrogen-bond acceptors (Lipinski definition) is 2. The number of benzene rings is 1. The van der Waals surface area contributed by atoms with Gasteiger partial charge in [0.15, 0.2) is 0 Å². The van der Waals surface area contributed by atoms with E-state index in [1.54, 1.807) is 12.1 Å². The van der Waals surface area contributed by atoms with Crippen LogP contribution in [0.4, 0.5) is 10.1 Å². The van der Waals surface area contributed by atoms with Crippen molar-refractivity contribution < 1.29 is 9.18 Å². The molecule has 0 saturated heterocycles. The van der Waals surface area contributed by atoms with Gasteiger partial charge in [-0.05, 0) is 31.2 Å². The summed E-state index contributed by atoms with van der Waals surface area (Å²) in [5.41, 5.74) is 0.488. The molecule has 0 atom stereocenters. The second kappa shape index (κ2) is 6.95. The monoisotopic (exact) mass is 224 g/mol. The van der Waals surface area contributed by atoms with E-state index in [1.165, 1.54) is 12.1 Å². The summed E-state index contributed by atoms with van der Waals surface area (Å²) in [5, 5.41) is 5.63. The Bertz CT molecular complexity index is 342. The van der Waals surface area contributed by atoms with Crippen LogP contribution in [-0.4, -0.2) is 19.0 Å². The average Bonchev–Trinajstić information content (AvgIpc) is 2.24. The Hall–Kier alpha value is -1.42. The first-order chi connectivity index (χ1) is 7.72. The van der Waals surface area contributed by atoms with Crippen molar-refractivity contribution in [1.82, 2.24) is 5.32 Å². The first-order valence-electron chi connectivity index (χ1n) is 5.48. The van der Waals surface area contributed by atoms with Crippen molar-refractivity contribution in [2.75, 3.05) is 18.4 Å². The molecule has 0 aromatic heterocycles. The number of carbonyl (C=O) groups excluding carboxylic acids is 1. The number of hydrogen-bond donors (Lipinski definition) is 2. The Morgan fingerprint density at radius 2 is 2.25 bits per heavy atom.